The lowest BCUT2D eigenvalue weighted by molar-refractivity contribution is 0.0951. The monoisotopic (exact) mass is 364 g/mol. The van der Waals surface area contributed by atoms with Crippen molar-refractivity contribution >= 4 is 17.7 Å². The third kappa shape index (κ3) is 3.61. The number of anilines is 1. The molecule has 1 aliphatic rings. The smallest absolute Gasteiger partial charge is 0.414 e. The Morgan fingerprint density at radius 1 is 1.19 bits per heavy atom. The molecule has 0 atom stereocenters. The molecule has 2 aromatic heterocycles. The van der Waals surface area contributed by atoms with Crippen LogP contribution in [0.4, 0.5) is 10.5 Å². The van der Waals surface area contributed by atoms with Crippen LogP contribution in [0.25, 0.3) is 5.82 Å². The molecule has 1 saturated heterocycles. The molecule has 9 heteroatoms. The number of benzene rings is 1. The molecule has 0 unspecified atom stereocenters. The predicted octanol–water partition coefficient (Wildman–Crippen LogP) is 1.55. The molecule has 0 spiro atoms. The Balaban J connectivity index is 1.35. The summed E-state index contributed by atoms with van der Waals surface area (Å²) in [5.74, 6) is 0.449. The fourth-order valence-electron chi connectivity index (χ4n) is 2.69. The van der Waals surface area contributed by atoms with Crippen LogP contribution < -0.4 is 10.2 Å². The second-order valence-electron chi connectivity index (χ2n) is 5.86. The highest BCUT2D eigenvalue weighted by atomic mass is 16.6. The van der Waals surface area contributed by atoms with Gasteiger partial charge in [-0.25, -0.2) is 19.4 Å². The molecule has 4 rings (SSSR count). The van der Waals surface area contributed by atoms with Crippen molar-refractivity contribution in [3.8, 4) is 5.82 Å². The molecular formula is C18H16N6O3. The van der Waals surface area contributed by atoms with Gasteiger partial charge in [-0.3, -0.25) is 9.69 Å². The first-order chi connectivity index (χ1) is 13.2. The van der Waals surface area contributed by atoms with Crippen molar-refractivity contribution in [2.75, 3.05) is 18.1 Å². The third-order valence-electron chi connectivity index (χ3n) is 4.12. The van der Waals surface area contributed by atoms with Gasteiger partial charge in [-0.2, -0.15) is 5.10 Å². The Bertz CT molecular complexity index is 938. The summed E-state index contributed by atoms with van der Waals surface area (Å²) < 4.78 is 6.47. The molecule has 1 aliphatic heterocycles. The van der Waals surface area contributed by atoms with Crippen molar-refractivity contribution < 1.29 is 14.3 Å². The summed E-state index contributed by atoms with van der Waals surface area (Å²) in [7, 11) is 0. The average molecular weight is 364 g/mol. The maximum Gasteiger partial charge on any atom is 0.414 e. The van der Waals surface area contributed by atoms with E-state index in [0.29, 0.717) is 36.8 Å². The minimum absolute atomic E-state index is 0.203. The van der Waals surface area contributed by atoms with Gasteiger partial charge in [-0.1, -0.05) is 6.07 Å². The van der Waals surface area contributed by atoms with Gasteiger partial charge in [0.05, 0.1) is 6.54 Å². The molecule has 1 fully saturated rings. The molecule has 1 N–H and O–H groups in total. The number of hydrogen-bond donors (Lipinski definition) is 1. The quantitative estimate of drug-likeness (QED) is 0.737. The molecule has 0 bridgehead atoms. The first-order valence-corrected chi connectivity index (χ1v) is 8.33. The second kappa shape index (κ2) is 7.24. The molecule has 2 amide bonds. The number of nitrogens with one attached hydrogen (secondary N) is 1. The molecule has 0 aliphatic carbocycles. The van der Waals surface area contributed by atoms with E-state index < -0.39 is 0 Å². The molecule has 1 aromatic carbocycles. The van der Waals surface area contributed by atoms with Gasteiger partial charge in [0.2, 0.25) is 0 Å². The van der Waals surface area contributed by atoms with Gasteiger partial charge in [0.1, 0.15) is 19.3 Å². The SMILES string of the molecule is O=C(NCc1ccc(-n2cncn2)nc1)c1ccc(N2CCOC2=O)cc1. The Morgan fingerprint density at radius 3 is 2.67 bits per heavy atom. The van der Waals surface area contributed by atoms with E-state index in [1.165, 1.54) is 11.2 Å². The zero-order chi connectivity index (χ0) is 18.6. The molecule has 3 aromatic rings. The van der Waals surface area contributed by atoms with Gasteiger partial charge in [-0.15, -0.1) is 0 Å². The maximum absolute atomic E-state index is 12.3. The summed E-state index contributed by atoms with van der Waals surface area (Å²) >= 11 is 0. The van der Waals surface area contributed by atoms with E-state index in [1.54, 1.807) is 47.5 Å². The van der Waals surface area contributed by atoms with E-state index in [9.17, 15) is 9.59 Å². The summed E-state index contributed by atoms with van der Waals surface area (Å²) in [6, 6.07) is 10.5. The van der Waals surface area contributed by atoms with Crippen molar-refractivity contribution in [2.24, 2.45) is 0 Å². The average Bonchev–Trinajstić information content (AvgIpc) is 3.38. The first kappa shape index (κ1) is 16.7. The normalized spacial score (nSPS) is 13.5. The topological polar surface area (TPSA) is 102 Å². The van der Waals surface area contributed by atoms with E-state index in [4.69, 9.17) is 4.74 Å². The number of carbonyl (C=O) groups excluding carboxylic acids is 2. The zero-order valence-electron chi connectivity index (χ0n) is 14.3. The van der Waals surface area contributed by atoms with Crippen LogP contribution in [0.5, 0.6) is 0 Å². The molecule has 0 saturated carbocycles. The first-order valence-electron chi connectivity index (χ1n) is 8.33. The number of aromatic nitrogens is 4. The summed E-state index contributed by atoms with van der Waals surface area (Å²) in [4.78, 5) is 33.6. The van der Waals surface area contributed by atoms with Gasteiger partial charge in [0, 0.05) is 24.0 Å². The Labute approximate surface area is 154 Å². The van der Waals surface area contributed by atoms with Crippen LogP contribution in [0.1, 0.15) is 15.9 Å². The summed E-state index contributed by atoms with van der Waals surface area (Å²) in [5.41, 5.74) is 2.09. The minimum atomic E-state index is -0.367. The van der Waals surface area contributed by atoms with Gasteiger partial charge in [0.25, 0.3) is 5.91 Å². The molecule has 0 radical (unpaired) electrons. The van der Waals surface area contributed by atoms with Crippen LogP contribution in [0.3, 0.4) is 0 Å². The van der Waals surface area contributed by atoms with E-state index in [-0.39, 0.29) is 12.0 Å². The zero-order valence-corrected chi connectivity index (χ0v) is 14.3. The number of nitrogens with zero attached hydrogens (tertiary/aromatic N) is 5. The Kier molecular flexibility index (Phi) is 4.48. The maximum atomic E-state index is 12.3. The van der Waals surface area contributed by atoms with Gasteiger partial charge < -0.3 is 10.1 Å². The summed E-state index contributed by atoms with van der Waals surface area (Å²) in [6.07, 6.45) is 4.32. The Morgan fingerprint density at radius 2 is 2.04 bits per heavy atom. The lowest BCUT2D eigenvalue weighted by atomic mass is 10.1. The molecule has 136 valence electrons. The Hall–Kier alpha value is -3.75. The van der Waals surface area contributed by atoms with Crippen molar-refractivity contribution in [2.45, 2.75) is 6.54 Å². The molecule has 3 heterocycles. The number of amides is 2. The third-order valence-corrected chi connectivity index (χ3v) is 4.12. The number of pyridine rings is 1. The highest BCUT2D eigenvalue weighted by Crippen LogP contribution is 2.19. The van der Waals surface area contributed by atoms with E-state index >= 15 is 0 Å². The van der Waals surface area contributed by atoms with E-state index in [1.807, 2.05) is 6.07 Å². The number of cyclic esters (lactones) is 1. The highest BCUT2D eigenvalue weighted by molar-refractivity contribution is 5.95. The van der Waals surface area contributed by atoms with Crippen molar-refractivity contribution in [1.29, 1.82) is 0 Å². The van der Waals surface area contributed by atoms with Crippen LogP contribution in [0.15, 0.2) is 55.2 Å². The van der Waals surface area contributed by atoms with Crippen LogP contribution >= 0.6 is 0 Å². The van der Waals surface area contributed by atoms with Crippen LogP contribution in [0.2, 0.25) is 0 Å². The minimum Gasteiger partial charge on any atom is -0.447 e. The largest absolute Gasteiger partial charge is 0.447 e. The second-order valence-corrected chi connectivity index (χ2v) is 5.86. The molecule has 9 nitrogen and oxygen atoms in total. The fraction of sp³-hybridized carbons (Fsp3) is 0.167. The van der Waals surface area contributed by atoms with E-state index in [2.05, 4.69) is 20.4 Å². The van der Waals surface area contributed by atoms with Crippen LogP contribution in [0, 0.1) is 0 Å². The van der Waals surface area contributed by atoms with Crippen molar-refractivity contribution in [3.05, 3.63) is 66.4 Å². The molecular weight excluding hydrogens is 348 g/mol. The summed E-state index contributed by atoms with van der Waals surface area (Å²) in [6.45, 7) is 1.25. The van der Waals surface area contributed by atoms with Crippen LogP contribution in [-0.2, 0) is 11.3 Å². The summed E-state index contributed by atoms with van der Waals surface area (Å²) in [5, 5.41) is 6.86. The molecule has 27 heavy (non-hydrogen) atoms. The van der Waals surface area contributed by atoms with E-state index in [0.717, 1.165) is 5.56 Å². The lowest BCUT2D eigenvalue weighted by Crippen LogP contribution is -2.24. The fourth-order valence-corrected chi connectivity index (χ4v) is 2.69. The van der Waals surface area contributed by atoms with Crippen molar-refractivity contribution in [3.63, 3.8) is 0 Å². The number of carbonyl (C=O) groups is 2. The number of hydrogen-bond acceptors (Lipinski definition) is 6. The van der Waals surface area contributed by atoms with Crippen molar-refractivity contribution in [1.82, 2.24) is 25.1 Å². The standard InChI is InChI=1S/C18H16N6O3/c25-17(14-2-4-15(5-3-14)23-7-8-27-18(23)26)21-10-13-1-6-16(20-9-13)24-12-19-11-22-24/h1-6,9,11-12H,7-8,10H2,(H,21,25). The van der Waals surface area contributed by atoms with Gasteiger partial charge in [0.15, 0.2) is 5.82 Å². The lowest BCUT2D eigenvalue weighted by Gasteiger charge is -2.13. The van der Waals surface area contributed by atoms with Gasteiger partial charge >= 0.3 is 6.09 Å². The number of rotatable bonds is 5. The van der Waals surface area contributed by atoms with Crippen LogP contribution in [-0.4, -0.2) is 44.9 Å². The number of ether oxygens (including phenoxy) is 1. The predicted molar refractivity (Wildman–Crippen MR) is 95.5 cm³/mol. The highest BCUT2D eigenvalue weighted by Gasteiger charge is 2.23. The van der Waals surface area contributed by atoms with Gasteiger partial charge in [-0.05, 0) is 35.9 Å².